The van der Waals surface area contributed by atoms with Gasteiger partial charge >= 0.3 is 12.2 Å². The van der Waals surface area contributed by atoms with Crippen LogP contribution in [-0.4, -0.2) is 83.3 Å². The van der Waals surface area contributed by atoms with E-state index < -0.39 is 17.1 Å². The number of thiophene rings is 1. The number of aromatic nitrogens is 1. The van der Waals surface area contributed by atoms with E-state index in [0.717, 1.165) is 23.2 Å². The van der Waals surface area contributed by atoms with Crippen LogP contribution in [0.5, 0.6) is 0 Å². The summed E-state index contributed by atoms with van der Waals surface area (Å²) in [6, 6.07) is 2.00. The van der Waals surface area contributed by atoms with Gasteiger partial charge in [-0.1, -0.05) is 0 Å². The van der Waals surface area contributed by atoms with Crippen LogP contribution in [0.3, 0.4) is 0 Å². The van der Waals surface area contributed by atoms with Gasteiger partial charge in [0.1, 0.15) is 26.7 Å². The third kappa shape index (κ3) is 6.06. The highest BCUT2D eigenvalue weighted by Crippen LogP contribution is 2.42. The number of carbonyl (C=O) groups excluding carboxylic acids is 3. The van der Waals surface area contributed by atoms with Crippen molar-refractivity contribution < 1.29 is 23.9 Å². The quantitative estimate of drug-likeness (QED) is 0.592. The lowest BCUT2D eigenvalue weighted by Crippen LogP contribution is -2.50. The molecule has 2 aromatic rings. The zero-order valence-corrected chi connectivity index (χ0v) is 23.8. The molecule has 2 aromatic heterocycles. The maximum atomic E-state index is 12.7. The minimum atomic E-state index is -0.592. The molecule has 11 nitrogen and oxygen atoms in total. The number of hydrogen-bond acceptors (Lipinski definition) is 9. The summed E-state index contributed by atoms with van der Waals surface area (Å²) in [4.78, 5) is 48.6. The molecule has 3 amide bonds. The van der Waals surface area contributed by atoms with Gasteiger partial charge in [0.25, 0.3) is 5.91 Å². The number of nitrogen functional groups attached to an aromatic ring is 1. The molecule has 208 valence electrons. The fourth-order valence-corrected chi connectivity index (χ4v) is 5.73. The Morgan fingerprint density at radius 1 is 0.947 bits per heavy atom. The van der Waals surface area contributed by atoms with Crippen molar-refractivity contribution in [2.75, 3.05) is 49.9 Å². The van der Waals surface area contributed by atoms with Gasteiger partial charge in [0.2, 0.25) is 0 Å². The Bertz CT molecular complexity index is 1240. The fourth-order valence-electron chi connectivity index (χ4n) is 4.75. The van der Waals surface area contributed by atoms with Crippen molar-refractivity contribution in [1.29, 1.82) is 0 Å². The van der Waals surface area contributed by atoms with Crippen LogP contribution in [0.4, 0.5) is 21.1 Å². The van der Waals surface area contributed by atoms with Crippen molar-refractivity contribution in [3.05, 3.63) is 16.5 Å². The molecular weight excluding hydrogens is 508 g/mol. The predicted molar refractivity (Wildman–Crippen MR) is 148 cm³/mol. The topological polar surface area (TPSA) is 144 Å². The highest BCUT2D eigenvalue weighted by Gasteiger charge is 2.34. The summed E-state index contributed by atoms with van der Waals surface area (Å²) in [5.74, 6) is 0.141. The van der Waals surface area contributed by atoms with Crippen LogP contribution in [0.1, 0.15) is 69.1 Å². The van der Waals surface area contributed by atoms with Gasteiger partial charge in [-0.15, -0.1) is 11.3 Å². The molecular formula is C26H38N6O5S. The maximum absolute atomic E-state index is 12.7. The maximum Gasteiger partial charge on any atom is 0.410 e. The number of carbonyl (C=O) groups is 3. The number of ether oxygens (including phenoxy) is 2. The molecule has 2 aliphatic rings. The minimum Gasteiger partial charge on any atom is -0.444 e. The minimum absolute atomic E-state index is 0.00699. The number of nitrogens with zero attached hydrogens (tertiary/aromatic N) is 4. The molecule has 12 heteroatoms. The summed E-state index contributed by atoms with van der Waals surface area (Å²) in [6.07, 6.45) is 0.0530. The Morgan fingerprint density at radius 2 is 1.53 bits per heavy atom. The summed E-state index contributed by atoms with van der Waals surface area (Å²) in [5.41, 5.74) is 12.1. The number of anilines is 2. The molecule has 2 saturated heterocycles. The van der Waals surface area contributed by atoms with Crippen molar-refractivity contribution >= 4 is 51.2 Å². The molecule has 0 radical (unpaired) electrons. The van der Waals surface area contributed by atoms with E-state index in [2.05, 4.69) is 4.90 Å². The van der Waals surface area contributed by atoms with E-state index >= 15 is 0 Å². The Morgan fingerprint density at radius 3 is 2.08 bits per heavy atom. The SMILES string of the molecule is CC(C)(C)OC(=O)N1CCN(c2cc(C3CCN(C(=O)OC(C)(C)C)C3)c3c(N)c(C(N)=O)sc3n2)CC1. The molecule has 4 heterocycles. The van der Waals surface area contributed by atoms with Crippen LogP contribution in [0, 0.1) is 0 Å². The Kier molecular flexibility index (Phi) is 7.39. The Labute approximate surface area is 227 Å². The van der Waals surface area contributed by atoms with Gasteiger partial charge in [-0.3, -0.25) is 4.79 Å². The van der Waals surface area contributed by atoms with E-state index in [0.29, 0.717) is 49.8 Å². The van der Waals surface area contributed by atoms with Crippen molar-refractivity contribution in [3.63, 3.8) is 0 Å². The number of primary amides is 1. The van der Waals surface area contributed by atoms with Crippen LogP contribution in [0.15, 0.2) is 6.07 Å². The molecule has 0 bridgehead atoms. The first-order valence-electron chi connectivity index (χ1n) is 12.9. The Balaban J connectivity index is 1.61. The van der Waals surface area contributed by atoms with Gasteiger partial charge in [0, 0.05) is 50.6 Å². The molecule has 0 aromatic carbocycles. The Hall–Kier alpha value is -3.28. The summed E-state index contributed by atoms with van der Waals surface area (Å²) in [6.45, 7) is 14.3. The van der Waals surface area contributed by atoms with Gasteiger partial charge in [-0.2, -0.15) is 0 Å². The van der Waals surface area contributed by atoms with E-state index in [9.17, 15) is 14.4 Å². The molecule has 38 heavy (non-hydrogen) atoms. The normalized spacial score (nSPS) is 18.7. The molecule has 4 rings (SSSR count). The fraction of sp³-hybridized carbons (Fsp3) is 0.615. The standard InChI is InChI=1S/C26H38N6O5S/c1-25(2,3)36-23(34)31-11-9-30(10-12-31)17-13-16(18-19(27)20(21(28)33)38-22(18)29-17)15-7-8-32(14-15)24(35)37-26(4,5)6/h13,15H,7-12,14,27H2,1-6H3,(H2,28,33). The molecule has 0 spiro atoms. The highest BCUT2D eigenvalue weighted by atomic mass is 32.1. The van der Waals surface area contributed by atoms with E-state index in [1.54, 1.807) is 9.80 Å². The largest absolute Gasteiger partial charge is 0.444 e. The summed E-state index contributed by atoms with van der Waals surface area (Å²) in [7, 11) is 0. The summed E-state index contributed by atoms with van der Waals surface area (Å²) >= 11 is 1.18. The van der Waals surface area contributed by atoms with Gasteiger partial charge in [0.15, 0.2) is 0 Å². The van der Waals surface area contributed by atoms with E-state index in [1.807, 2.05) is 47.6 Å². The average molecular weight is 547 g/mol. The van der Waals surface area contributed by atoms with Gasteiger partial charge in [0.05, 0.1) is 5.69 Å². The monoisotopic (exact) mass is 546 g/mol. The van der Waals surface area contributed by atoms with Crippen LogP contribution in [-0.2, 0) is 9.47 Å². The van der Waals surface area contributed by atoms with Crippen molar-refractivity contribution in [2.45, 2.75) is 65.1 Å². The first-order valence-corrected chi connectivity index (χ1v) is 13.7. The predicted octanol–water partition coefficient (Wildman–Crippen LogP) is 3.76. The average Bonchev–Trinajstić information content (AvgIpc) is 3.42. The zero-order valence-electron chi connectivity index (χ0n) is 23.0. The summed E-state index contributed by atoms with van der Waals surface area (Å²) in [5, 5.41) is 0.718. The first-order chi connectivity index (χ1) is 17.6. The zero-order chi connectivity index (χ0) is 28.0. The molecule has 2 fully saturated rings. The first kappa shape index (κ1) is 27.7. The number of nitrogens with two attached hydrogens (primary N) is 2. The van der Waals surface area contributed by atoms with E-state index in [4.69, 9.17) is 25.9 Å². The van der Waals surface area contributed by atoms with Gasteiger partial charge in [-0.25, -0.2) is 14.6 Å². The van der Waals surface area contributed by atoms with Crippen LogP contribution >= 0.6 is 11.3 Å². The van der Waals surface area contributed by atoms with Crippen molar-refractivity contribution in [2.24, 2.45) is 5.73 Å². The van der Waals surface area contributed by atoms with Gasteiger partial charge < -0.3 is 35.6 Å². The molecule has 0 saturated carbocycles. The van der Waals surface area contributed by atoms with Crippen molar-refractivity contribution in [1.82, 2.24) is 14.8 Å². The summed E-state index contributed by atoms with van der Waals surface area (Å²) < 4.78 is 11.1. The second-order valence-electron chi connectivity index (χ2n) is 11.8. The molecule has 1 atom stereocenters. The second kappa shape index (κ2) is 10.1. The van der Waals surface area contributed by atoms with Crippen molar-refractivity contribution in [3.8, 4) is 0 Å². The smallest absolute Gasteiger partial charge is 0.410 e. The molecule has 0 aliphatic carbocycles. The lowest BCUT2D eigenvalue weighted by atomic mass is 9.95. The third-order valence-corrected chi connectivity index (χ3v) is 7.59. The van der Waals surface area contributed by atoms with Crippen LogP contribution < -0.4 is 16.4 Å². The third-order valence-electron chi connectivity index (χ3n) is 6.47. The van der Waals surface area contributed by atoms with Crippen LogP contribution in [0.2, 0.25) is 0 Å². The highest BCUT2D eigenvalue weighted by molar-refractivity contribution is 7.21. The lowest BCUT2D eigenvalue weighted by molar-refractivity contribution is 0.0238. The lowest BCUT2D eigenvalue weighted by Gasteiger charge is -2.36. The number of amides is 3. The second-order valence-corrected chi connectivity index (χ2v) is 12.8. The number of likely N-dealkylation sites (tertiary alicyclic amines) is 1. The molecule has 1 unspecified atom stereocenters. The van der Waals surface area contributed by atoms with Crippen LogP contribution in [0.25, 0.3) is 10.2 Å². The number of pyridine rings is 1. The number of rotatable bonds is 3. The van der Waals surface area contributed by atoms with Gasteiger partial charge in [-0.05, 0) is 59.6 Å². The van der Waals surface area contributed by atoms with E-state index in [1.165, 1.54) is 11.3 Å². The molecule has 4 N–H and O–H groups in total. The van der Waals surface area contributed by atoms with E-state index in [-0.39, 0.29) is 23.0 Å². The number of piperazine rings is 1. The number of fused-ring (bicyclic) bond motifs is 1. The molecule has 2 aliphatic heterocycles. The number of hydrogen-bond donors (Lipinski definition) is 2.